The van der Waals surface area contributed by atoms with Crippen LogP contribution in [0.3, 0.4) is 0 Å². The molecule has 1 aliphatic heterocycles. The summed E-state index contributed by atoms with van der Waals surface area (Å²) < 4.78 is 31.0. The van der Waals surface area contributed by atoms with Gasteiger partial charge in [0.25, 0.3) is 5.91 Å². The number of nitrogens with one attached hydrogen (secondary N) is 1. The largest absolute Gasteiger partial charge is 0.452 e. The van der Waals surface area contributed by atoms with Crippen molar-refractivity contribution in [3.05, 3.63) is 28.8 Å². The number of sulfonamides is 1. The van der Waals surface area contributed by atoms with Gasteiger partial charge in [0, 0.05) is 12.6 Å². The minimum atomic E-state index is -3.72. The van der Waals surface area contributed by atoms with Gasteiger partial charge in [-0.15, -0.1) is 0 Å². The zero-order valence-electron chi connectivity index (χ0n) is 14.8. The average Bonchev–Trinajstić information content (AvgIpc) is 2.65. The summed E-state index contributed by atoms with van der Waals surface area (Å²) in [7, 11) is -2.45. The lowest BCUT2D eigenvalue weighted by Gasteiger charge is -2.35. The highest BCUT2D eigenvalue weighted by Gasteiger charge is 2.26. The number of likely N-dealkylation sites (tertiary alicyclic amines) is 1. The predicted octanol–water partition coefficient (Wildman–Crippen LogP) is 2.20. The molecule has 144 valence electrons. The molecule has 0 spiro atoms. The van der Waals surface area contributed by atoms with Gasteiger partial charge in [-0.3, -0.25) is 4.79 Å². The molecule has 0 aliphatic carbocycles. The van der Waals surface area contributed by atoms with Crippen molar-refractivity contribution in [3.63, 3.8) is 0 Å². The van der Waals surface area contributed by atoms with E-state index < -0.39 is 22.6 Å². The van der Waals surface area contributed by atoms with Gasteiger partial charge in [-0.05, 0) is 50.9 Å². The lowest BCUT2D eigenvalue weighted by Crippen LogP contribution is -2.45. The highest BCUT2D eigenvalue weighted by atomic mass is 35.5. The number of hydrogen-bond acceptors (Lipinski definition) is 5. The molecule has 1 N–H and O–H groups in total. The van der Waals surface area contributed by atoms with Crippen molar-refractivity contribution >= 4 is 33.5 Å². The van der Waals surface area contributed by atoms with Gasteiger partial charge in [0.05, 0.1) is 15.5 Å². The van der Waals surface area contributed by atoms with Gasteiger partial charge < -0.3 is 9.64 Å². The Balaban J connectivity index is 2.08. The van der Waals surface area contributed by atoms with Crippen molar-refractivity contribution in [2.75, 3.05) is 20.2 Å². The van der Waals surface area contributed by atoms with E-state index in [2.05, 4.69) is 4.72 Å². The Labute approximate surface area is 158 Å². The number of hydrogen-bond donors (Lipinski definition) is 1. The number of esters is 1. The summed E-state index contributed by atoms with van der Waals surface area (Å²) in [6.07, 6.45) is 3.83. The summed E-state index contributed by atoms with van der Waals surface area (Å²) in [5, 5.41) is 0.0573. The van der Waals surface area contributed by atoms with Crippen LogP contribution in [0.1, 0.15) is 43.0 Å². The van der Waals surface area contributed by atoms with E-state index in [-0.39, 0.29) is 27.4 Å². The number of nitrogens with zero attached hydrogens (tertiary/aromatic N) is 1. The number of benzene rings is 1. The molecule has 1 amide bonds. The second kappa shape index (κ2) is 8.83. The van der Waals surface area contributed by atoms with Crippen LogP contribution in [-0.2, 0) is 19.6 Å². The van der Waals surface area contributed by atoms with Gasteiger partial charge in [-0.1, -0.05) is 18.5 Å². The van der Waals surface area contributed by atoms with Crippen molar-refractivity contribution in [1.82, 2.24) is 9.62 Å². The summed E-state index contributed by atoms with van der Waals surface area (Å²) in [6, 6.07) is 3.90. The molecule has 1 saturated heterocycles. The SMILES string of the molecule is CC[C@H]1CCCCN1C(=O)COC(=O)c1cc(S(=O)(=O)NC)ccc1Cl. The van der Waals surface area contributed by atoms with E-state index in [1.165, 1.54) is 19.2 Å². The Morgan fingerprint density at radius 2 is 2.08 bits per heavy atom. The molecule has 1 aliphatic rings. The van der Waals surface area contributed by atoms with Gasteiger partial charge in [0.1, 0.15) is 0 Å². The lowest BCUT2D eigenvalue weighted by atomic mass is 10.00. The van der Waals surface area contributed by atoms with E-state index in [0.717, 1.165) is 31.7 Å². The van der Waals surface area contributed by atoms with E-state index in [4.69, 9.17) is 16.3 Å². The van der Waals surface area contributed by atoms with Gasteiger partial charge in [0.15, 0.2) is 6.61 Å². The fraction of sp³-hybridized carbons (Fsp3) is 0.529. The highest BCUT2D eigenvalue weighted by Crippen LogP contribution is 2.22. The molecular weight excluding hydrogens is 380 g/mol. The maximum absolute atomic E-state index is 12.4. The first-order valence-corrected chi connectivity index (χ1v) is 10.4. The minimum Gasteiger partial charge on any atom is -0.452 e. The third-order valence-electron chi connectivity index (χ3n) is 4.48. The van der Waals surface area contributed by atoms with Crippen LogP contribution in [-0.4, -0.2) is 51.4 Å². The second-order valence-electron chi connectivity index (χ2n) is 6.07. The first-order valence-electron chi connectivity index (χ1n) is 8.49. The first kappa shape index (κ1) is 20.7. The van der Waals surface area contributed by atoms with Crippen LogP contribution in [0.5, 0.6) is 0 Å². The van der Waals surface area contributed by atoms with Crippen molar-refractivity contribution < 1.29 is 22.7 Å². The molecule has 0 radical (unpaired) electrons. The Hall–Kier alpha value is -1.64. The fourth-order valence-electron chi connectivity index (χ4n) is 2.99. The number of halogens is 1. The summed E-state index contributed by atoms with van der Waals surface area (Å²) in [5.41, 5.74) is -0.0959. The van der Waals surface area contributed by atoms with E-state index in [1.54, 1.807) is 4.90 Å². The average molecular weight is 403 g/mol. The van der Waals surface area contributed by atoms with Crippen LogP contribution in [0.2, 0.25) is 5.02 Å². The topological polar surface area (TPSA) is 92.8 Å². The number of rotatable bonds is 6. The molecule has 26 heavy (non-hydrogen) atoms. The third-order valence-corrected chi connectivity index (χ3v) is 6.22. The third kappa shape index (κ3) is 4.75. The monoisotopic (exact) mass is 402 g/mol. The molecule has 0 unspecified atom stereocenters. The van der Waals surface area contributed by atoms with Crippen LogP contribution in [0, 0.1) is 0 Å². The minimum absolute atomic E-state index is 0.0573. The molecule has 0 aromatic heterocycles. The van der Waals surface area contributed by atoms with Gasteiger partial charge >= 0.3 is 5.97 Å². The summed E-state index contributed by atoms with van der Waals surface area (Å²) >= 11 is 5.98. The maximum Gasteiger partial charge on any atom is 0.340 e. The predicted molar refractivity (Wildman–Crippen MR) is 97.6 cm³/mol. The van der Waals surface area contributed by atoms with Gasteiger partial charge in [-0.25, -0.2) is 17.9 Å². The fourth-order valence-corrected chi connectivity index (χ4v) is 3.94. The van der Waals surface area contributed by atoms with Crippen LogP contribution in [0.4, 0.5) is 0 Å². The van der Waals surface area contributed by atoms with Crippen molar-refractivity contribution in [3.8, 4) is 0 Å². The number of piperidine rings is 1. The summed E-state index contributed by atoms with van der Waals surface area (Å²) in [4.78, 5) is 26.3. The maximum atomic E-state index is 12.4. The molecule has 1 aromatic rings. The quantitative estimate of drug-likeness (QED) is 0.736. The summed E-state index contributed by atoms with van der Waals surface area (Å²) in [6.45, 7) is 2.29. The van der Waals surface area contributed by atoms with Crippen LogP contribution in [0.15, 0.2) is 23.1 Å². The highest BCUT2D eigenvalue weighted by molar-refractivity contribution is 7.89. The molecule has 9 heteroatoms. The lowest BCUT2D eigenvalue weighted by molar-refractivity contribution is -0.138. The number of ether oxygens (including phenoxy) is 1. The van der Waals surface area contributed by atoms with E-state index in [1.807, 2.05) is 6.92 Å². The zero-order chi connectivity index (χ0) is 19.3. The molecular formula is C17H23ClN2O5S. The molecule has 1 heterocycles. The van der Waals surface area contributed by atoms with Gasteiger partial charge in [0.2, 0.25) is 10.0 Å². The molecule has 7 nitrogen and oxygen atoms in total. The Morgan fingerprint density at radius 3 is 2.73 bits per heavy atom. The first-order chi connectivity index (χ1) is 12.3. The standard InChI is InChI=1S/C17H23ClN2O5S/c1-3-12-6-4-5-9-20(12)16(21)11-25-17(22)14-10-13(7-8-15(14)18)26(23,24)19-2/h7-8,10,12,19H,3-6,9,11H2,1-2H3/t12-/m0/s1. The molecule has 0 bridgehead atoms. The van der Waals surface area contributed by atoms with Crippen LogP contribution < -0.4 is 4.72 Å². The molecule has 1 atom stereocenters. The normalized spacial score (nSPS) is 17.8. The van der Waals surface area contributed by atoms with E-state index in [9.17, 15) is 18.0 Å². The molecule has 1 aromatic carbocycles. The van der Waals surface area contributed by atoms with Crippen LogP contribution >= 0.6 is 11.6 Å². The number of carbonyl (C=O) groups excluding carboxylic acids is 2. The molecule has 0 saturated carbocycles. The molecule has 1 fully saturated rings. The van der Waals surface area contributed by atoms with Crippen molar-refractivity contribution in [1.29, 1.82) is 0 Å². The van der Waals surface area contributed by atoms with E-state index >= 15 is 0 Å². The van der Waals surface area contributed by atoms with E-state index in [0.29, 0.717) is 6.54 Å². The number of amides is 1. The Morgan fingerprint density at radius 1 is 1.35 bits per heavy atom. The smallest absolute Gasteiger partial charge is 0.340 e. The summed E-state index contributed by atoms with van der Waals surface area (Å²) in [5.74, 6) is -1.08. The van der Waals surface area contributed by atoms with Gasteiger partial charge in [-0.2, -0.15) is 0 Å². The van der Waals surface area contributed by atoms with Crippen molar-refractivity contribution in [2.24, 2.45) is 0 Å². The Kier molecular flexibility index (Phi) is 7.02. The second-order valence-corrected chi connectivity index (χ2v) is 8.36. The Bertz CT molecular complexity index is 781. The van der Waals surface area contributed by atoms with Crippen molar-refractivity contribution in [2.45, 2.75) is 43.5 Å². The van der Waals surface area contributed by atoms with Crippen LogP contribution in [0.25, 0.3) is 0 Å². The molecule has 2 rings (SSSR count). The number of carbonyl (C=O) groups is 2. The zero-order valence-corrected chi connectivity index (χ0v) is 16.4.